The molecule has 0 bridgehead atoms. The summed E-state index contributed by atoms with van der Waals surface area (Å²) in [6, 6.07) is 0. The third kappa shape index (κ3) is 1.74. The SMILES string of the molecule is COC1OCC(OC=O)C1CO. The summed E-state index contributed by atoms with van der Waals surface area (Å²) in [5.74, 6) is -0.278. The Kier molecular flexibility index (Phi) is 3.46. The number of methoxy groups -OCH3 is 1. The van der Waals surface area contributed by atoms with E-state index >= 15 is 0 Å². The van der Waals surface area contributed by atoms with Crippen LogP contribution in [-0.4, -0.2) is 44.3 Å². The van der Waals surface area contributed by atoms with Gasteiger partial charge in [0, 0.05) is 7.11 Å². The van der Waals surface area contributed by atoms with Crippen LogP contribution >= 0.6 is 0 Å². The zero-order valence-corrected chi connectivity index (χ0v) is 6.80. The lowest BCUT2D eigenvalue weighted by atomic mass is 10.1. The second-order valence-corrected chi connectivity index (χ2v) is 2.55. The van der Waals surface area contributed by atoms with Gasteiger partial charge in [0.2, 0.25) is 0 Å². The van der Waals surface area contributed by atoms with Crippen LogP contribution in [0.2, 0.25) is 0 Å². The van der Waals surface area contributed by atoms with Crippen molar-refractivity contribution in [3.63, 3.8) is 0 Å². The summed E-state index contributed by atoms with van der Waals surface area (Å²) in [6.07, 6.45) is -0.864. The first-order valence-corrected chi connectivity index (χ1v) is 3.67. The molecular formula is C7H12O5. The summed E-state index contributed by atoms with van der Waals surface area (Å²) >= 11 is 0. The maximum absolute atomic E-state index is 10.0. The van der Waals surface area contributed by atoms with Gasteiger partial charge in [0.25, 0.3) is 6.47 Å². The molecular weight excluding hydrogens is 164 g/mol. The van der Waals surface area contributed by atoms with E-state index in [0.29, 0.717) is 6.47 Å². The highest BCUT2D eigenvalue weighted by atomic mass is 16.7. The Morgan fingerprint density at radius 2 is 2.50 bits per heavy atom. The fourth-order valence-electron chi connectivity index (χ4n) is 1.27. The maximum atomic E-state index is 10.0. The Hall–Kier alpha value is -0.650. The van der Waals surface area contributed by atoms with Gasteiger partial charge in [0.05, 0.1) is 19.1 Å². The first-order chi connectivity index (χ1) is 5.83. The molecule has 1 aliphatic heterocycles. The summed E-state index contributed by atoms with van der Waals surface area (Å²) in [4.78, 5) is 10.0. The van der Waals surface area contributed by atoms with Crippen LogP contribution in [0.3, 0.4) is 0 Å². The van der Waals surface area contributed by atoms with Gasteiger partial charge in [-0.3, -0.25) is 4.79 Å². The van der Waals surface area contributed by atoms with E-state index in [2.05, 4.69) is 0 Å². The van der Waals surface area contributed by atoms with Crippen molar-refractivity contribution in [2.24, 2.45) is 5.92 Å². The second-order valence-electron chi connectivity index (χ2n) is 2.55. The Balaban J connectivity index is 2.49. The molecule has 0 aromatic carbocycles. The largest absolute Gasteiger partial charge is 0.462 e. The molecule has 12 heavy (non-hydrogen) atoms. The molecule has 1 rings (SSSR count). The number of aliphatic hydroxyl groups excluding tert-OH is 1. The van der Waals surface area contributed by atoms with Crippen LogP contribution in [0.4, 0.5) is 0 Å². The van der Waals surface area contributed by atoms with E-state index in [0.717, 1.165) is 0 Å². The number of hydrogen-bond acceptors (Lipinski definition) is 5. The summed E-state index contributed by atoms with van der Waals surface area (Å²) in [7, 11) is 1.48. The highest BCUT2D eigenvalue weighted by Gasteiger charge is 2.38. The molecule has 1 saturated heterocycles. The molecule has 0 spiro atoms. The molecule has 5 heteroatoms. The smallest absolute Gasteiger partial charge is 0.293 e. The van der Waals surface area contributed by atoms with Crippen LogP contribution in [0.25, 0.3) is 0 Å². The van der Waals surface area contributed by atoms with Crippen molar-refractivity contribution in [3.8, 4) is 0 Å². The third-order valence-electron chi connectivity index (χ3n) is 1.93. The number of rotatable bonds is 4. The summed E-state index contributed by atoms with van der Waals surface area (Å²) in [5.41, 5.74) is 0. The quantitative estimate of drug-likeness (QED) is 0.564. The van der Waals surface area contributed by atoms with E-state index in [1.54, 1.807) is 0 Å². The number of ether oxygens (including phenoxy) is 3. The fraction of sp³-hybridized carbons (Fsp3) is 0.857. The topological polar surface area (TPSA) is 65.0 Å². The molecule has 0 saturated carbocycles. The first kappa shape index (κ1) is 9.44. The van der Waals surface area contributed by atoms with Crippen LogP contribution < -0.4 is 0 Å². The van der Waals surface area contributed by atoms with Gasteiger partial charge in [-0.2, -0.15) is 0 Å². The maximum Gasteiger partial charge on any atom is 0.293 e. The lowest BCUT2D eigenvalue weighted by Crippen LogP contribution is -2.30. The van der Waals surface area contributed by atoms with Crippen molar-refractivity contribution in [2.75, 3.05) is 20.3 Å². The van der Waals surface area contributed by atoms with Crippen molar-refractivity contribution >= 4 is 6.47 Å². The standard InChI is InChI=1S/C7H12O5/c1-10-7-5(2-8)6(3-11-7)12-4-9/h4-8H,2-3H2,1H3. The second kappa shape index (κ2) is 4.39. The van der Waals surface area contributed by atoms with E-state index < -0.39 is 12.4 Å². The lowest BCUT2D eigenvalue weighted by Gasteiger charge is -2.17. The van der Waals surface area contributed by atoms with Crippen LogP contribution in [0.15, 0.2) is 0 Å². The lowest BCUT2D eigenvalue weighted by molar-refractivity contribution is -0.137. The van der Waals surface area contributed by atoms with Gasteiger partial charge in [0.15, 0.2) is 6.29 Å². The predicted octanol–water partition coefficient (Wildman–Crippen LogP) is -0.861. The van der Waals surface area contributed by atoms with Gasteiger partial charge in [-0.05, 0) is 0 Å². The molecule has 1 N–H and O–H groups in total. The zero-order valence-electron chi connectivity index (χ0n) is 6.80. The molecule has 0 aliphatic carbocycles. The molecule has 0 amide bonds. The number of hydrogen-bond donors (Lipinski definition) is 1. The molecule has 1 fully saturated rings. The Bertz CT molecular complexity index is 149. The van der Waals surface area contributed by atoms with E-state index in [4.69, 9.17) is 19.3 Å². The van der Waals surface area contributed by atoms with E-state index in [1.807, 2.05) is 0 Å². The van der Waals surface area contributed by atoms with Gasteiger partial charge in [-0.15, -0.1) is 0 Å². The predicted molar refractivity (Wildman–Crippen MR) is 38.3 cm³/mol. The highest BCUT2D eigenvalue weighted by molar-refractivity contribution is 5.37. The Labute approximate surface area is 70.2 Å². The molecule has 1 aliphatic rings. The van der Waals surface area contributed by atoms with Gasteiger partial charge in [-0.1, -0.05) is 0 Å². The van der Waals surface area contributed by atoms with Crippen molar-refractivity contribution in [1.29, 1.82) is 0 Å². The molecule has 0 aromatic rings. The Morgan fingerprint density at radius 1 is 1.75 bits per heavy atom. The van der Waals surface area contributed by atoms with E-state index in [1.165, 1.54) is 7.11 Å². The normalized spacial score (nSPS) is 35.0. The molecule has 1 heterocycles. The van der Waals surface area contributed by atoms with Gasteiger partial charge in [-0.25, -0.2) is 0 Å². The average Bonchev–Trinajstić information content (AvgIpc) is 2.47. The zero-order chi connectivity index (χ0) is 8.97. The van der Waals surface area contributed by atoms with Gasteiger partial charge < -0.3 is 19.3 Å². The van der Waals surface area contributed by atoms with Crippen LogP contribution in [0.1, 0.15) is 0 Å². The van der Waals surface area contributed by atoms with Crippen LogP contribution in [-0.2, 0) is 19.0 Å². The van der Waals surface area contributed by atoms with Crippen LogP contribution in [0.5, 0.6) is 0 Å². The molecule has 0 radical (unpaired) electrons. The molecule has 0 aromatic heterocycles. The summed E-state index contributed by atoms with van der Waals surface area (Å²) in [5, 5.41) is 8.91. The molecule has 5 nitrogen and oxygen atoms in total. The third-order valence-corrected chi connectivity index (χ3v) is 1.93. The minimum absolute atomic E-state index is 0.114. The van der Waals surface area contributed by atoms with Crippen molar-refractivity contribution < 1.29 is 24.1 Å². The first-order valence-electron chi connectivity index (χ1n) is 3.67. The van der Waals surface area contributed by atoms with E-state index in [-0.39, 0.29) is 19.1 Å². The van der Waals surface area contributed by atoms with Gasteiger partial charge >= 0.3 is 0 Å². The Morgan fingerprint density at radius 3 is 3.00 bits per heavy atom. The minimum atomic E-state index is -0.472. The monoisotopic (exact) mass is 176 g/mol. The summed E-state index contributed by atoms with van der Waals surface area (Å²) < 4.78 is 14.7. The molecule has 70 valence electrons. The van der Waals surface area contributed by atoms with Crippen molar-refractivity contribution in [2.45, 2.75) is 12.4 Å². The van der Waals surface area contributed by atoms with Crippen molar-refractivity contribution in [3.05, 3.63) is 0 Å². The number of carbonyl (C=O) groups is 1. The van der Waals surface area contributed by atoms with Crippen molar-refractivity contribution in [1.82, 2.24) is 0 Å². The number of carbonyl (C=O) groups excluding carboxylic acids is 1. The minimum Gasteiger partial charge on any atom is -0.462 e. The molecule has 3 unspecified atom stereocenters. The summed E-state index contributed by atoms with van der Waals surface area (Å²) in [6.45, 7) is 0.522. The van der Waals surface area contributed by atoms with E-state index in [9.17, 15) is 4.79 Å². The van der Waals surface area contributed by atoms with Crippen LogP contribution in [0, 0.1) is 5.92 Å². The number of aliphatic hydroxyl groups is 1. The fourth-order valence-corrected chi connectivity index (χ4v) is 1.27. The average molecular weight is 176 g/mol. The van der Waals surface area contributed by atoms with Gasteiger partial charge in [0.1, 0.15) is 6.10 Å². The highest BCUT2D eigenvalue weighted by Crippen LogP contribution is 2.23. The molecule has 3 atom stereocenters.